The quantitative estimate of drug-likeness (QED) is 0.371. The summed E-state index contributed by atoms with van der Waals surface area (Å²) in [6, 6.07) is 5.03. The highest BCUT2D eigenvalue weighted by molar-refractivity contribution is 6.30. The first-order chi connectivity index (χ1) is 8.63. The molecule has 1 aromatic carbocycles. The molecule has 0 fully saturated rings. The van der Waals surface area contributed by atoms with Crippen LogP contribution in [0.5, 0.6) is 0 Å². The lowest BCUT2D eigenvalue weighted by Crippen LogP contribution is -2.20. The zero-order valence-electron chi connectivity index (χ0n) is 9.39. The van der Waals surface area contributed by atoms with Crippen molar-refractivity contribution in [3.8, 4) is 12.3 Å². The fraction of sp³-hybridized carbons (Fsp3) is 0.167. The summed E-state index contributed by atoms with van der Waals surface area (Å²) < 4.78 is 0. The van der Waals surface area contributed by atoms with Crippen molar-refractivity contribution >= 4 is 23.9 Å². The highest BCUT2D eigenvalue weighted by atomic mass is 35.5. The third-order valence-electron chi connectivity index (χ3n) is 1.95. The normalized spacial score (nSPS) is 10.0. The first-order valence-electron chi connectivity index (χ1n) is 4.97. The molecular formula is C12H11ClN2O3. The van der Waals surface area contributed by atoms with Crippen LogP contribution in [0.3, 0.4) is 0 Å². The molecule has 94 valence electrons. The van der Waals surface area contributed by atoms with Gasteiger partial charge in [-0.3, -0.25) is 0 Å². The second-order valence-electron chi connectivity index (χ2n) is 3.21. The van der Waals surface area contributed by atoms with Gasteiger partial charge in [-0.25, -0.2) is 4.79 Å². The van der Waals surface area contributed by atoms with Crippen molar-refractivity contribution in [2.24, 2.45) is 5.16 Å². The molecule has 0 aliphatic rings. The van der Waals surface area contributed by atoms with Crippen LogP contribution >= 0.6 is 11.6 Å². The standard InChI is InChI=1S/C12H11ClN2O3/c1-2-5-18-15-8-10-6-11(13)4-3-9(10)7-14-12(16)17/h1,3-4,6,8,14H,5,7H2,(H,16,17). The van der Waals surface area contributed by atoms with E-state index in [-0.39, 0.29) is 13.2 Å². The van der Waals surface area contributed by atoms with Crippen LogP contribution in [-0.2, 0) is 11.4 Å². The molecule has 1 rings (SSSR count). The summed E-state index contributed by atoms with van der Waals surface area (Å²) in [4.78, 5) is 15.2. The Morgan fingerprint density at radius 1 is 1.67 bits per heavy atom. The minimum atomic E-state index is -1.10. The fourth-order valence-corrected chi connectivity index (χ4v) is 1.37. The van der Waals surface area contributed by atoms with E-state index in [1.807, 2.05) is 0 Å². The van der Waals surface area contributed by atoms with Crippen LogP contribution in [0.15, 0.2) is 23.4 Å². The number of nitrogens with zero attached hydrogens (tertiary/aromatic N) is 1. The predicted molar refractivity (Wildman–Crippen MR) is 68.7 cm³/mol. The van der Waals surface area contributed by atoms with Crippen molar-refractivity contribution in [2.75, 3.05) is 6.61 Å². The van der Waals surface area contributed by atoms with Crippen LogP contribution in [0.4, 0.5) is 4.79 Å². The van der Waals surface area contributed by atoms with Gasteiger partial charge in [0, 0.05) is 17.1 Å². The molecule has 0 saturated carbocycles. The average Bonchev–Trinajstić information content (AvgIpc) is 2.33. The maximum Gasteiger partial charge on any atom is 0.404 e. The summed E-state index contributed by atoms with van der Waals surface area (Å²) in [5, 5.41) is 15.0. The van der Waals surface area contributed by atoms with Crippen molar-refractivity contribution in [3.05, 3.63) is 34.3 Å². The average molecular weight is 267 g/mol. The molecule has 0 heterocycles. The van der Waals surface area contributed by atoms with Gasteiger partial charge in [0.2, 0.25) is 0 Å². The third-order valence-corrected chi connectivity index (χ3v) is 2.19. The van der Waals surface area contributed by atoms with Gasteiger partial charge in [0.25, 0.3) is 0 Å². The summed E-state index contributed by atoms with van der Waals surface area (Å²) in [7, 11) is 0. The first kappa shape index (κ1) is 13.9. The molecule has 2 N–H and O–H groups in total. The van der Waals surface area contributed by atoms with Gasteiger partial charge in [0.15, 0.2) is 6.61 Å². The van der Waals surface area contributed by atoms with Crippen LogP contribution in [0, 0.1) is 12.3 Å². The minimum Gasteiger partial charge on any atom is -0.465 e. The van der Waals surface area contributed by atoms with Crippen LogP contribution in [0.25, 0.3) is 0 Å². The SMILES string of the molecule is C#CCON=Cc1cc(Cl)ccc1CNC(=O)O. The van der Waals surface area contributed by atoms with Gasteiger partial charge in [-0.15, -0.1) is 6.42 Å². The molecule has 5 nitrogen and oxygen atoms in total. The second-order valence-corrected chi connectivity index (χ2v) is 3.65. The summed E-state index contributed by atoms with van der Waals surface area (Å²) in [5.74, 6) is 2.27. The molecule has 0 aromatic heterocycles. The number of benzene rings is 1. The Morgan fingerprint density at radius 3 is 3.11 bits per heavy atom. The fourth-order valence-electron chi connectivity index (χ4n) is 1.19. The van der Waals surface area contributed by atoms with Crippen LogP contribution in [-0.4, -0.2) is 24.0 Å². The van der Waals surface area contributed by atoms with E-state index in [4.69, 9.17) is 28.0 Å². The van der Waals surface area contributed by atoms with E-state index in [0.717, 1.165) is 5.56 Å². The number of oxime groups is 1. The molecule has 1 amide bonds. The highest BCUT2D eigenvalue weighted by Crippen LogP contribution is 2.14. The minimum absolute atomic E-state index is 0.0692. The number of hydrogen-bond donors (Lipinski definition) is 2. The molecule has 0 spiro atoms. The number of halogens is 1. The molecular weight excluding hydrogens is 256 g/mol. The van der Waals surface area contributed by atoms with Gasteiger partial charge >= 0.3 is 6.09 Å². The maximum atomic E-state index is 10.4. The Kier molecular flexibility index (Phi) is 5.55. The molecule has 6 heteroatoms. The number of carboxylic acid groups (broad SMARTS) is 1. The number of hydrogen-bond acceptors (Lipinski definition) is 3. The molecule has 0 aliphatic heterocycles. The molecule has 0 unspecified atom stereocenters. The summed E-state index contributed by atoms with van der Waals surface area (Å²) in [6.07, 6.45) is 5.33. The lowest BCUT2D eigenvalue weighted by molar-refractivity contribution is 0.181. The van der Waals surface area contributed by atoms with Gasteiger partial charge in [0.05, 0.1) is 6.21 Å². The molecule has 0 bridgehead atoms. The monoisotopic (exact) mass is 266 g/mol. The first-order valence-corrected chi connectivity index (χ1v) is 5.35. The molecule has 0 saturated heterocycles. The maximum absolute atomic E-state index is 10.4. The van der Waals surface area contributed by atoms with Crippen molar-refractivity contribution in [3.63, 3.8) is 0 Å². The van der Waals surface area contributed by atoms with Crippen molar-refractivity contribution in [1.29, 1.82) is 0 Å². The van der Waals surface area contributed by atoms with Gasteiger partial charge in [-0.2, -0.15) is 0 Å². The van der Waals surface area contributed by atoms with Crippen molar-refractivity contribution in [1.82, 2.24) is 5.32 Å². The number of carbonyl (C=O) groups is 1. The van der Waals surface area contributed by atoms with E-state index in [0.29, 0.717) is 10.6 Å². The number of nitrogens with one attached hydrogen (secondary N) is 1. The molecule has 0 atom stereocenters. The van der Waals surface area contributed by atoms with E-state index in [9.17, 15) is 4.79 Å². The Labute approximate surface area is 109 Å². The number of rotatable bonds is 5. The van der Waals surface area contributed by atoms with E-state index < -0.39 is 6.09 Å². The van der Waals surface area contributed by atoms with Crippen LogP contribution < -0.4 is 5.32 Å². The smallest absolute Gasteiger partial charge is 0.404 e. The molecule has 0 aliphatic carbocycles. The Morgan fingerprint density at radius 2 is 2.44 bits per heavy atom. The van der Waals surface area contributed by atoms with Crippen molar-refractivity contribution < 1.29 is 14.7 Å². The van der Waals surface area contributed by atoms with Gasteiger partial charge in [-0.05, 0) is 17.7 Å². The number of terminal acetylenes is 1. The lowest BCUT2D eigenvalue weighted by Gasteiger charge is -2.06. The van der Waals surface area contributed by atoms with Crippen molar-refractivity contribution in [2.45, 2.75) is 6.54 Å². The van der Waals surface area contributed by atoms with E-state index in [1.165, 1.54) is 6.21 Å². The Balaban J connectivity index is 2.79. The van der Waals surface area contributed by atoms with E-state index in [1.54, 1.807) is 18.2 Å². The zero-order chi connectivity index (χ0) is 13.4. The van der Waals surface area contributed by atoms with E-state index >= 15 is 0 Å². The van der Waals surface area contributed by atoms with Gasteiger partial charge in [0.1, 0.15) is 0 Å². The zero-order valence-corrected chi connectivity index (χ0v) is 10.1. The third kappa shape index (κ3) is 4.76. The Bertz CT molecular complexity index is 495. The molecule has 1 aromatic rings. The van der Waals surface area contributed by atoms with Crippen LogP contribution in [0.1, 0.15) is 11.1 Å². The van der Waals surface area contributed by atoms with Gasteiger partial charge < -0.3 is 15.3 Å². The lowest BCUT2D eigenvalue weighted by atomic mass is 10.1. The predicted octanol–water partition coefficient (Wildman–Crippen LogP) is 2.09. The highest BCUT2D eigenvalue weighted by Gasteiger charge is 2.03. The van der Waals surface area contributed by atoms with Gasteiger partial charge in [-0.1, -0.05) is 28.7 Å². The molecule has 18 heavy (non-hydrogen) atoms. The molecule has 0 radical (unpaired) electrons. The topological polar surface area (TPSA) is 70.9 Å². The summed E-state index contributed by atoms with van der Waals surface area (Å²) >= 11 is 5.85. The summed E-state index contributed by atoms with van der Waals surface area (Å²) in [5.41, 5.74) is 1.39. The largest absolute Gasteiger partial charge is 0.465 e. The van der Waals surface area contributed by atoms with E-state index in [2.05, 4.69) is 16.4 Å². The van der Waals surface area contributed by atoms with Crippen LogP contribution in [0.2, 0.25) is 5.02 Å². The second kappa shape index (κ2) is 7.20. The Hall–Kier alpha value is -2.19. The summed E-state index contributed by atoms with van der Waals surface area (Å²) in [6.45, 7) is 0.225. The number of amides is 1.